The summed E-state index contributed by atoms with van der Waals surface area (Å²) in [5.41, 5.74) is 1.52. The van der Waals surface area contributed by atoms with E-state index in [1.54, 1.807) is 19.2 Å². The van der Waals surface area contributed by atoms with Crippen molar-refractivity contribution in [1.29, 1.82) is 0 Å². The van der Waals surface area contributed by atoms with Gasteiger partial charge in [-0.05, 0) is 55.0 Å². The molecule has 8 nitrogen and oxygen atoms in total. The number of hydrogen-bond donors (Lipinski definition) is 1. The summed E-state index contributed by atoms with van der Waals surface area (Å²) in [6.07, 6.45) is 0.886. The number of benzene rings is 3. The number of nitrogens with one attached hydrogen (secondary N) is 1. The topological polar surface area (TPSA) is 88.2 Å². The molecule has 1 amide bonds. The van der Waals surface area contributed by atoms with Gasteiger partial charge in [-0.15, -0.1) is 0 Å². The highest BCUT2D eigenvalue weighted by Crippen LogP contribution is 2.29. The van der Waals surface area contributed by atoms with Crippen molar-refractivity contribution in [2.24, 2.45) is 0 Å². The fraction of sp³-hybridized carbons (Fsp3) is 0.296. The predicted molar refractivity (Wildman–Crippen MR) is 140 cm³/mol. The second kappa shape index (κ2) is 11.9. The lowest BCUT2D eigenvalue weighted by atomic mass is 10.2. The molecule has 3 aromatic carbocycles. The molecule has 0 aromatic heterocycles. The van der Waals surface area contributed by atoms with Gasteiger partial charge in [0.25, 0.3) is 0 Å². The SMILES string of the molecule is COc1ccccc1N1CCN(S(=O)(=O)c2ccc(NC(=O)CCCOc3ccccc3)cc2)CC1. The average molecular weight is 510 g/mol. The van der Waals surface area contributed by atoms with Crippen LogP contribution in [0.1, 0.15) is 12.8 Å². The summed E-state index contributed by atoms with van der Waals surface area (Å²) in [5, 5.41) is 2.81. The second-order valence-corrected chi connectivity index (χ2v) is 10.3. The number of hydrogen-bond acceptors (Lipinski definition) is 6. The van der Waals surface area contributed by atoms with Crippen molar-refractivity contribution < 1.29 is 22.7 Å². The lowest BCUT2D eigenvalue weighted by Crippen LogP contribution is -2.48. The van der Waals surface area contributed by atoms with E-state index in [1.807, 2.05) is 54.6 Å². The second-order valence-electron chi connectivity index (χ2n) is 8.40. The highest BCUT2D eigenvalue weighted by Gasteiger charge is 2.29. The molecule has 0 saturated carbocycles. The molecule has 0 spiro atoms. The van der Waals surface area contributed by atoms with Crippen molar-refractivity contribution in [3.05, 3.63) is 78.9 Å². The average Bonchev–Trinajstić information content (AvgIpc) is 2.92. The van der Waals surface area contributed by atoms with E-state index >= 15 is 0 Å². The quantitative estimate of drug-likeness (QED) is 0.416. The molecule has 190 valence electrons. The van der Waals surface area contributed by atoms with E-state index in [4.69, 9.17) is 9.47 Å². The van der Waals surface area contributed by atoms with Gasteiger partial charge in [-0.3, -0.25) is 4.79 Å². The van der Waals surface area contributed by atoms with Crippen LogP contribution in [0.2, 0.25) is 0 Å². The van der Waals surface area contributed by atoms with Crippen molar-refractivity contribution in [3.8, 4) is 11.5 Å². The number of anilines is 2. The maximum atomic E-state index is 13.2. The monoisotopic (exact) mass is 509 g/mol. The van der Waals surface area contributed by atoms with Crippen molar-refractivity contribution in [2.75, 3.05) is 50.1 Å². The molecule has 1 heterocycles. The summed E-state index contributed by atoms with van der Waals surface area (Å²) in [6, 6.07) is 23.5. The number of carbonyl (C=O) groups excluding carboxylic acids is 1. The third-order valence-corrected chi connectivity index (χ3v) is 7.91. The van der Waals surface area contributed by atoms with Gasteiger partial charge in [-0.25, -0.2) is 8.42 Å². The maximum Gasteiger partial charge on any atom is 0.243 e. The molecule has 36 heavy (non-hydrogen) atoms. The van der Waals surface area contributed by atoms with Gasteiger partial charge >= 0.3 is 0 Å². The van der Waals surface area contributed by atoms with Crippen LogP contribution in [0.5, 0.6) is 11.5 Å². The molecule has 1 saturated heterocycles. The predicted octanol–water partition coefficient (Wildman–Crippen LogP) is 4.00. The Balaban J connectivity index is 1.26. The maximum absolute atomic E-state index is 13.2. The summed E-state index contributed by atoms with van der Waals surface area (Å²) < 4.78 is 38.9. The molecule has 0 atom stereocenters. The highest BCUT2D eigenvalue weighted by atomic mass is 32.2. The Morgan fingerprint density at radius 3 is 2.25 bits per heavy atom. The third-order valence-electron chi connectivity index (χ3n) is 6.00. The first kappa shape index (κ1) is 25.5. The van der Waals surface area contributed by atoms with Crippen molar-refractivity contribution >= 4 is 27.3 Å². The first-order valence-electron chi connectivity index (χ1n) is 11.9. The fourth-order valence-corrected chi connectivity index (χ4v) is 5.50. The van der Waals surface area contributed by atoms with E-state index in [0.29, 0.717) is 51.3 Å². The zero-order valence-electron chi connectivity index (χ0n) is 20.3. The Kier molecular flexibility index (Phi) is 8.45. The Morgan fingerprint density at radius 1 is 0.889 bits per heavy atom. The number of sulfonamides is 1. The number of amides is 1. The van der Waals surface area contributed by atoms with Crippen molar-refractivity contribution in [3.63, 3.8) is 0 Å². The van der Waals surface area contributed by atoms with Crippen LogP contribution in [-0.2, 0) is 14.8 Å². The molecule has 0 aliphatic carbocycles. The summed E-state index contributed by atoms with van der Waals surface area (Å²) >= 11 is 0. The number of rotatable bonds is 10. The van der Waals surface area contributed by atoms with Crippen LogP contribution in [0.3, 0.4) is 0 Å². The molecule has 0 radical (unpaired) electrons. The van der Waals surface area contributed by atoms with Crippen LogP contribution in [0.25, 0.3) is 0 Å². The molecule has 0 unspecified atom stereocenters. The number of nitrogens with zero attached hydrogens (tertiary/aromatic N) is 2. The van der Waals surface area contributed by atoms with Crippen LogP contribution < -0.4 is 19.7 Å². The van der Waals surface area contributed by atoms with Gasteiger partial charge < -0.3 is 19.7 Å². The molecule has 3 aromatic rings. The van der Waals surface area contributed by atoms with E-state index in [2.05, 4.69) is 10.2 Å². The van der Waals surface area contributed by atoms with Crippen LogP contribution >= 0.6 is 0 Å². The number of piperazine rings is 1. The lowest BCUT2D eigenvalue weighted by molar-refractivity contribution is -0.116. The van der Waals surface area contributed by atoms with Crippen LogP contribution in [-0.4, -0.2) is 58.5 Å². The fourth-order valence-electron chi connectivity index (χ4n) is 4.08. The van der Waals surface area contributed by atoms with Gasteiger partial charge in [-0.2, -0.15) is 4.31 Å². The minimum absolute atomic E-state index is 0.144. The standard InChI is InChI=1S/C27H31N3O5S/c1-34-26-11-6-5-10-25(26)29-17-19-30(20-18-29)36(32,33)24-15-13-22(14-16-24)28-27(31)12-7-21-35-23-8-3-2-4-9-23/h2-6,8-11,13-16H,7,12,17-21H2,1H3,(H,28,31). The molecule has 1 aliphatic rings. The lowest BCUT2D eigenvalue weighted by Gasteiger charge is -2.35. The Bertz CT molecular complexity index is 1240. The molecular formula is C27H31N3O5S. The number of para-hydroxylation sites is 3. The largest absolute Gasteiger partial charge is 0.495 e. The molecular weight excluding hydrogens is 478 g/mol. The van der Waals surface area contributed by atoms with Gasteiger partial charge in [0.2, 0.25) is 15.9 Å². The van der Waals surface area contributed by atoms with E-state index < -0.39 is 10.0 Å². The van der Waals surface area contributed by atoms with Crippen LogP contribution in [0.4, 0.5) is 11.4 Å². The minimum Gasteiger partial charge on any atom is -0.495 e. The normalized spacial score (nSPS) is 14.3. The van der Waals surface area contributed by atoms with Gasteiger partial charge in [0.15, 0.2) is 0 Å². The summed E-state index contributed by atoms with van der Waals surface area (Å²) in [5.74, 6) is 1.40. The highest BCUT2D eigenvalue weighted by molar-refractivity contribution is 7.89. The van der Waals surface area contributed by atoms with Gasteiger partial charge in [0.1, 0.15) is 11.5 Å². The first-order chi connectivity index (χ1) is 17.5. The smallest absolute Gasteiger partial charge is 0.243 e. The molecule has 9 heteroatoms. The molecule has 1 aliphatic heterocycles. The van der Waals surface area contributed by atoms with Crippen LogP contribution in [0, 0.1) is 0 Å². The third kappa shape index (κ3) is 6.35. The van der Waals surface area contributed by atoms with Crippen molar-refractivity contribution in [2.45, 2.75) is 17.7 Å². The summed E-state index contributed by atoms with van der Waals surface area (Å²) in [6.45, 7) is 2.34. The van der Waals surface area contributed by atoms with Crippen LogP contribution in [0.15, 0.2) is 83.8 Å². The Hall–Kier alpha value is -3.56. The number of ether oxygens (including phenoxy) is 2. The Labute approximate surface area is 212 Å². The summed E-state index contributed by atoms with van der Waals surface area (Å²) in [7, 11) is -2.00. The molecule has 4 rings (SSSR count). The molecule has 1 N–H and O–H groups in total. The van der Waals surface area contributed by atoms with E-state index in [0.717, 1.165) is 17.2 Å². The van der Waals surface area contributed by atoms with E-state index in [9.17, 15) is 13.2 Å². The minimum atomic E-state index is -3.63. The number of methoxy groups -OCH3 is 1. The van der Waals surface area contributed by atoms with Gasteiger partial charge in [0.05, 0.1) is 24.3 Å². The van der Waals surface area contributed by atoms with E-state index in [-0.39, 0.29) is 10.8 Å². The zero-order chi connectivity index (χ0) is 25.4. The first-order valence-corrected chi connectivity index (χ1v) is 13.4. The molecule has 0 bridgehead atoms. The Morgan fingerprint density at radius 2 is 1.56 bits per heavy atom. The molecule has 1 fully saturated rings. The zero-order valence-corrected chi connectivity index (χ0v) is 21.1. The van der Waals surface area contributed by atoms with Crippen molar-refractivity contribution in [1.82, 2.24) is 4.31 Å². The summed E-state index contributed by atoms with van der Waals surface area (Å²) in [4.78, 5) is 14.6. The van der Waals surface area contributed by atoms with E-state index in [1.165, 1.54) is 16.4 Å². The number of carbonyl (C=O) groups is 1. The van der Waals surface area contributed by atoms with Gasteiger partial charge in [-0.1, -0.05) is 30.3 Å². The van der Waals surface area contributed by atoms with Gasteiger partial charge in [0, 0.05) is 38.3 Å².